The zero-order valence-electron chi connectivity index (χ0n) is 9.81. The molecule has 2 heteroatoms. The van der Waals surface area contributed by atoms with Crippen molar-refractivity contribution in [3.63, 3.8) is 0 Å². The average molecular weight is 226 g/mol. The van der Waals surface area contributed by atoms with Crippen LogP contribution in [-0.4, -0.2) is 6.54 Å². The highest BCUT2D eigenvalue weighted by Crippen LogP contribution is 2.20. The van der Waals surface area contributed by atoms with Crippen LogP contribution in [0, 0.1) is 12.8 Å². The van der Waals surface area contributed by atoms with E-state index in [9.17, 15) is 0 Å². The minimum Gasteiger partial charge on any atom is -0.385 e. The van der Waals surface area contributed by atoms with Crippen LogP contribution in [0.3, 0.4) is 0 Å². The molecule has 0 heterocycles. The van der Waals surface area contributed by atoms with E-state index in [1.165, 1.54) is 18.4 Å². The third-order valence-corrected chi connectivity index (χ3v) is 2.71. The van der Waals surface area contributed by atoms with E-state index in [1.807, 2.05) is 18.2 Å². The molecule has 0 atom stereocenters. The molecule has 0 aliphatic carbocycles. The van der Waals surface area contributed by atoms with Crippen molar-refractivity contribution in [2.75, 3.05) is 11.9 Å². The summed E-state index contributed by atoms with van der Waals surface area (Å²) in [6, 6.07) is 5.97. The van der Waals surface area contributed by atoms with E-state index < -0.39 is 0 Å². The van der Waals surface area contributed by atoms with Gasteiger partial charge in [0.15, 0.2) is 0 Å². The summed E-state index contributed by atoms with van der Waals surface area (Å²) in [5, 5.41) is 4.22. The highest BCUT2D eigenvalue weighted by Gasteiger charge is 1.99. The van der Waals surface area contributed by atoms with E-state index >= 15 is 0 Å². The summed E-state index contributed by atoms with van der Waals surface area (Å²) in [5.41, 5.74) is 2.41. The van der Waals surface area contributed by atoms with E-state index in [0.29, 0.717) is 0 Å². The number of anilines is 1. The molecule has 1 aromatic carbocycles. The van der Waals surface area contributed by atoms with Gasteiger partial charge in [-0.15, -0.1) is 0 Å². The molecule has 0 unspecified atom stereocenters. The number of hydrogen-bond acceptors (Lipinski definition) is 1. The van der Waals surface area contributed by atoms with Gasteiger partial charge < -0.3 is 5.32 Å². The standard InChI is InChI=1S/C13H20ClN/c1-10(2)5-4-8-15-13-9-12(14)7-6-11(13)3/h6-7,9-10,15H,4-5,8H2,1-3H3. The van der Waals surface area contributed by atoms with Gasteiger partial charge in [-0.2, -0.15) is 0 Å². The number of rotatable bonds is 5. The zero-order chi connectivity index (χ0) is 11.3. The van der Waals surface area contributed by atoms with Crippen LogP contribution in [0.25, 0.3) is 0 Å². The van der Waals surface area contributed by atoms with E-state index in [2.05, 4.69) is 26.1 Å². The number of halogens is 1. The third kappa shape index (κ3) is 4.57. The van der Waals surface area contributed by atoms with Gasteiger partial charge in [-0.25, -0.2) is 0 Å². The van der Waals surface area contributed by atoms with Crippen LogP contribution >= 0.6 is 11.6 Å². The summed E-state index contributed by atoms with van der Waals surface area (Å²) in [6.45, 7) is 7.63. The molecule has 0 aromatic heterocycles. The monoisotopic (exact) mass is 225 g/mol. The van der Waals surface area contributed by atoms with Gasteiger partial charge >= 0.3 is 0 Å². The Bertz CT molecular complexity index is 307. The van der Waals surface area contributed by atoms with Gasteiger partial charge in [0.2, 0.25) is 0 Å². The van der Waals surface area contributed by atoms with Crippen LogP contribution in [0.1, 0.15) is 32.3 Å². The third-order valence-electron chi connectivity index (χ3n) is 2.47. The van der Waals surface area contributed by atoms with E-state index in [1.54, 1.807) is 0 Å². The molecule has 0 saturated carbocycles. The Morgan fingerprint density at radius 1 is 1.33 bits per heavy atom. The predicted octanol–water partition coefficient (Wildman–Crippen LogP) is 4.50. The first-order valence-corrected chi connectivity index (χ1v) is 5.97. The molecule has 0 saturated heterocycles. The van der Waals surface area contributed by atoms with Crippen molar-refractivity contribution in [1.82, 2.24) is 0 Å². The van der Waals surface area contributed by atoms with E-state index in [4.69, 9.17) is 11.6 Å². The van der Waals surface area contributed by atoms with Crippen molar-refractivity contribution in [3.05, 3.63) is 28.8 Å². The smallest absolute Gasteiger partial charge is 0.0426 e. The number of aryl methyl sites for hydroxylation is 1. The molecule has 0 aliphatic heterocycles. The predicted molar refractivity (Wildman–Crippen MR) is 68.8 cm³/mol. The van der Waals surface area contributed by atoms with Crippen molar-refractivity contribution in [3.8, 4) is 0 Å². The van der Waals surface area contributed by atoms with Gasteiger partial charge in [-0.05, 0) is 43.4 Å². The van der Waals surface area contributed by atoms with Gasteiger partial charge in [0.05, 0.1) is 0 Å². The van der Waals surface area contributed by atoms with E-state index in [-0.39, 0.29) is 0 Å². The van der Waals surface area contributed by atoms with Crippen LogP contribution in [-0.2, 0) is 0 Å². The van der Waals surface area contributed by atoms with E-state index in [0.717, 1.165) is 23.2 Å². The normalized spacial score (nSPS) is 10.7. The second-order valence-corrected chi connectivity index (χ2v) is 4.86. The first-order valence-electron chi connectivity index (χ1n) is 5.59. The van der Waals surface area contributed by atoms with Crippen molar-refractivity contribution in [2.24, 2.45) is 5.92 Å². The lowest BCUT2D eigenvalue weighted by Crippen LogP contribution is -2.04. The van der Waals surface area contributed by atoms with Crippen LogP contribution in [0.4, 0.5) is 5.69 Å². The molecule has 1 N–H and O–H groups in total. The summed E-state index contributed by atoms with van der Waals surface area (Å²) in [7, 11) is 0. The minimum atomic E-state index is 0.784. The fourth-order valence-electron chi connectivity index (χ4n) is 1.52. The largest absolute Gasteiger partial charge is 0.385 e. The zero-order valence-corrected chi connectivity index (χ0v) is 10.6. The first-order chi connectivity index (χ1) is 7.09. The van der Waals surface area contributed by atoms with Gasteiger partial charge in [0.1, 0.15) is 0 Å². The maximum Gasteiger partial charge on any atom is 0.0426 e. The Hall–Kier alpha value is -0.690. The van der Waals surface area contributed by atoms with Gasteiger partial charge in [0.25, 0.3) is 0 Å². The summed E-state index contributed by atoms with van der Waals surface area (Å²) in [4.78, 5) is 0. The summed E-state index contributed by atoms with van der Waals surface area (Å²) in [5.74, 6) is 0.784. The van der Waals surface area contributed by atoms with Crippen LogP contribution in [0.2, 0.25) is 5.02 Å². The molecular formula is C13H20ClN. The molecule has 15 heavy (non-hydrogen) atoms. The molecule has 0 radical (unpaired) electrons. The topological polar surface area (TPSA) is 12.0 Å². The van der Waals surface area contributed by atoms with Crippen LogP contribution in [0.5, 0.6) is 0 Å². The average Bonchev–Trinajstić information content (AvgIpc) is 2.17. The molecule has 0 amide bonds. The van der Waals surface area contributed by atoms with Gasteiger partial charge in [-0.1, -0.05) is 31.5 Å². The number of nitrogens with one attached hydrogen (secondary N) is 1. The lowest BCUT2D eigenvalue weighted by atomic mass is 10.1. The minimum absolute atomic E-state index is 0.784. The fraction of sp³-hybridized carbons (Fsp3) is 0.538. The summed E-state index contributed by atoms with van der Waals surface area (Å²) >= 11 is 5.94. The molecule has 0 spiro atoms. The lowest BCUT2D eigenvalue weighted by molar-refractivity contribution is 0.567. The summed E-state index contributed by atoms with van der Waals surface area (Å²) in [6.07, 6.45) is 2.48. The molecule has 84 valence electrons. The Balaban J connectivity index is 2.40. The van der Waals surface area contributed by atoms with Crippen molar-refractivity contribution in [2.45, 2.75) is 33.6 Å². The number of benzene rings is 1. The molecule has 1 aromatic rings. The van der Waals surface area contributed by atoms with Crippen LogP contribution < -0.4 is 5.32 Å². The first kappa shape index (κ1) is 12.4. The lowest BCUT2D eigenvalue weighted by Gasteiger charge is -2.10. The van der Waals surface area contributed by atoms with Gasteiger partial charge in [0, 0.05) is 17.3 Å². The second-order valence-electron chi connectivity index (χ2n) is 4.42. The highest BCUT2D eigenvalue weighted by molar-refractivity contribution is 6.30. The Labute approximate surface area is 97.8 Å². The number of hydrogen-bond donors (Lipinski definition) is 1. The van der Waals surface area contributed by atoms with Crippen molar-refractivity contribution >= 4 is 17.3 Å². The molecule has 0 bridgehead atoms. The molecular weight excluding hydrogens is 206 g/mol. The van der Waals surface area contributed by atoms with Crippen LogP contribution in [0.15, 0.2) is 18.2 Å². The SMILES string of the molecule is Cc1ccc(Cl)cc1NCCCC(C)C. The quantitative estimate of drug-likeness (QED) is 0.728. The Morgan fingerprint density at radius 2 is 2.07 bits per heavy atom. The molecule has 1 nitrogen and oxygen atoms in total. The van der Waals surface area contributed by atoms with Crippen molar-refractivity contribution in [1.29, 1.82) is 0 Å². The maximum atomic E-state index is 5.94. The highest BCUT2D eigenvalue weighted by atomic mass is 35.5. The second kappa shape index (κ2) is 6.02. The molecule has 0 aliphatic rings. The Kier molecular flexibility index (Phi) is 4.97. The summed E-state index contributed by atoms with van der Waals surface area (Å²) < 4.78 is 0. The fourth-order valence-corrected chi connectivity index (χ4v) is 1.69. The van der Waals surface area contributed by atoms with Crippen molar-refractivity contribution < 1.29 is 0 Å². The molecule has 1 rings (SSSR count). The Morgan fingerprint density at radius 3 is 2.73 bits per heavy atom. The maximum absolute atomic E-state index is 5.94. The van der Waals surface area contributed by atoms with Gasteiger partial charge in [-0.3, -0.25) is 0 Å². The molecule has 0 fully saturated rings.